The summed E-state index contributed by atoms with van der Waals surface area (Å²) in [5, 5.41) is 3.43. The number of ether oxygens (including phenoxy) is 1. The maximum Gasteiger partial charge on any atom is 0.339 e. The Labute approximate surface area is 188 Å². The fraction of sp³-hybridized carbons (Fsp3) is 0.0800. The van der Waals surface area contributed by atoms with Gasteiger partial charge in [-0.15, -0.1) is 0 Å². The highest BCUT2D eigenvalue weighted by Crippen LogP contribution is 2.26. The molecule has 0 aliphatic carbocycles. The van der Waals surface area contributed by atoms with Gasteiger partial charge in [0.2, 0.25) is 0 Å². The van der Waals surface area contributed by atoms with Crippen molar-refractivity contribution in [1.82, 2.24) is 10.3 Å². The lowest BCUT2D eigenvalue weighted by Crippen LogP contribution is -2.28. The van der Waals surface area contributed by atoms with Gasteiger partial charge in [0.1, 0.15) is 0 Å². The smallest absolute Gasteiger partial charge is 0.339 e. The first-order valence-electron chi connectivity index (χ1n) is 9.73. The first-order valence-corrected chi connectivity index (χ1v) is 10.5. The van der Waals surface area contributed by atoms with Crippen LogP contribution in [0, 0.1) is 0 Å². The number of pyridine rings is 1. The number of rotatable bonds is 6. The van der Waals surface area contributed by atoms with E-state index in [0.717, 1.165) is 15.6 Å². The number of nitrogens with one attached hydrogen (secondary N) is 1. The van der Waals surface area contributed by atoms with E-state index in [1.54, 1.807) is 6.07 Å². The Morgan fingerprint density at radius 1 is 0.903 bits per heavy atom. The van der Waals surface area contributed by atoms with Crippen molar-refractivity contribution in [2.75, 3.05) is 6.61 Å². The van der Waals surface area contributed by atoms with Gasteiger partial charge in [-0.2, -0.15) is 0 Å². The van der Waals surface area contributed by atoms with Crippen LogP contribution in [0.15, 0.2) is 89.4 Å². The minimum Gasteiger partial charge on any atom is -0.452 e. The molecule has 0 spiro atoms. The number of carbonyl (C=O) groups excluding carboxylic acids is 2. The maximum absolute atomic E-state index is 12.8. The molecule has 0 fully saturated rings. The van der Waals surface area contributed by atoms with Gasteiger partial charge in [0.05, 0.1) is 16.8 Å². The van der Waals surface area contributed by atoms with Gasteiger partial charge in [0.15, 0.2) is 6.61 Å². The normalized spacial score (nSPS) is 10.6. The summed E-state index contributed by atoms with van der Waals surface area (Å²) in [5.41, 5.74) is 3.57. The van der Waals surface area contributed by atoms with E-state index in [4.69, 9.17) is 4.74 Å². The second kappa shape index (κ2) is 9.53. The van der Waals surface area contributed by atoms with Crippen LogP contribution in [0.2, 0.25) is 0 Å². The van der Waals surface area contributed by atoms with Crippen molar-refractivity contribution in [3.05, 3.63) is 101 Å². The van der Waals surface area contributed by atoms with Crippen LogP contribution in [0.5, 0.6) is 0 Å². The number of hydrogen-bond donors (Lipinski definition) is 1. The van der Waals surface area contributed by atoms with E-state index in [2.05, 4.69) is 26.2 Å². The molecule has 1 aromatic heterocycles. The summed E-state index contributed by atoms with van der Waals surface area (Å²) >= 11 is 3.42. The van der Waals surface area contributed by atoms with E-state index >= 15 is 0 Å². The maximum atomic E-state index is 12.8. The molecule has 0 saturated heterocycles. The topological polar surface area (TPSA) is 68.3 Å². The summed E-state index contributed by atoms with van der Waals surface area (Å²) in [6, 6.07) is 26.3. The highest BCUT2D eigenvalue weighted by Gasteiger charge is 2.16. The lowest BCUT2D eigenvalue weighted by molar-refractivity contribution is -0.124. The van der Waals surface area contributed by atoms with Crippen LogP contribution in [0.4, 0.5) is 0 Å². The Morgan fingerprint density at radius 2 is 1.61 bits per heavy atom. The Morgan fingerprint density at radius 3 is 2.39 bits per heavy atom. The standard InChI is InChI=1S/C25H19BrN2O3/c26-19-12-10-18(11-13-19)23-14-21(20-8-4-5-9-22(20)28-23)25(30)31-16-24(29)27-15-17-6-2-1-3-7-17/h1-14H,15-16H2,(H,27,29). The average molecular weight is 475 g/mol. The third-order valence-electron chi connectivity index (χ3n) is 4.74. The Bertz CT molecular complexity index is 1220. The number of fused-ring (bicyclic) bond motifs is 1. The largest absolute Gasteiger partial charge is 0.452 e. The minimum atomic E-state index is -0.563. The fourth-order valence-corrected chi connectivity index (χ4v) is 3.43. The van der Waals surface area contributed by atoms with E-state index < -0.39 is 5.97 Å². The van der Waals surface area contributed by atoms with Gasteiger partial charge in [-0.05, 0) is 29.8 Å². The van der Waals surface area contributed by atoms with Gasteiger partial charge in [-0.25, -0.2) is 9.78 Å². The van der Waals surface area contributed by atoms with Crippen LogP contribution in [0.3, 0.4) is 0 Å². The number of benzene rings is 3. The van der Waals surface area contributed by atoms with Crippen molar-refractivity contribution in [1.29, 1.82) is 0 Å². The number of amides is 1. The van der Waals surface area contributed by atoms with Crippen LogP contribution in [0.25, 0.3) is 22.2 Å². The first kappa shape index (κ1) is 20.8. The van der Waals surface area contributed by atoms with Gasteiger partial charge in [0, 0.05) is 22.0 Å². The van der Waals surface area contributed by atoms with E-state index in [1.165, 1.54) is 0 Å². The zero-order valence-electron chi connectivity index (χ0n) is 16.5. The summed E-state index contributed by atoms with van der Waals surface area (Å²) in [6.45, 7) is 0.0268. The monoisotopic (exact) mass is 474 g/mol. The van der Waals surface area contributed by atoms with Crippen LogP contribution in [-0.4, -0.2) is 23.5 Å². The molecular weight excluding hydrogens is 456 g/mol. The zero-order chi connectivity index (χ0) is 21.6. The number of hydrogen-bond acceptors (Lipinski definition) is 4. The minimum absolute atomic E-state index is 0.351. The van der Waals surface area contributed by atoms with Crippen LogP contribution in [0.1, 0.15) is 15.9 Å². The molecule has 0 aliphatic rings. The highest BCUT2D eigenvalue weighted by molar-refractivity contribution is 9.10. The van der Waals surface area contributed by atoms with Crippen LogP contribution in [-0.2, 0) is 16.1 Å². The Hall–Kier alpha value is -3.51. The van der Waals surface area contributed by atoms with Gasteiger partial charge < -0.3 is 10.1 Å². The third kappa shape index (κ3) is 5.16. The van der Waals surface area contributed by atoms with E-state index in [0.29, 0.717) is 28.7 Å². The molecule has 0 radical (unpaired) electrons. The second-order valence-corrected chi connectivity index (χ2v) is 7.83. The number of para-hydroxylation sites is 1. The van der Waals surface area contributed by atoms with Gasteiger partial charge in [-0.1, -0.05) is 76.6 Å². The number of nitrogens with zero attached hydrogens (tertiary/aromatic N) is 1. The van der Waals surface area contributed by atoms with Crippen molar-refractivity contribution >= 4 is 38.7 Å². The van der Waals surface area contributed by atoms with Crippen molar-refractivity contribution in [2.45, 2.75) is 6.54 Å². The highest BCUT2D eigenvalue weighted by atomic mass is 79.9. The molecule has 1 amide bonds. The molecule has 31 heavy (non-hydrogen) atoms. The molecule has 0 aliphatic heterocycles. The van der Waals surface area contributed by atoms with Crippen molar-refractivity contribution in [2.24, 2.45) is 0 Å². The van der Waals surface area contributed by atoms with Gasteiger partial charge in [-0.3, -0.25) is 4.79 Å². The molecule has 154 valence electrons. The lowest BCUT2D eigenvalue weighted by Gasteiger charge is -2.11. The molecule has 5 nitrogen and oxygen atoms in total. The summed E-state index contributed by atoms with van der Waals surface area (Å²) in [5.74, 6) is -0.921. The van der Waals surface area contributed by atoms with E-state index in [1.807, 2.05) is 78.9 Å². The number of halogens is 1. The molecule has 0 saturated carbocycles. The predicted molar refractivity (Wildman–Crippen MR) is 123 cm³/mol. The predicted octanol–water partition coefficient (Wildman–Crippen LogP) is 5.14. The molecule has 0 bridgehead atoms. The van der Waals surface area contributed by atoms with Crippen molar-refractivity contribution in [3.8, 4) is 11.3 Å². The van der Waals surface area contributed by atoms with Gasteiger partial charge >= 0.3 is 5.97 Å². The molecular formula is C25H19BrN2O3. The Balaban J connectivity index is 1.51. The number of carbonyl (C=O) groups is 2. The van der Waals surface area contributed by atoms with Crippen molar-refractivity contribution in [3.63, 3.8) is 0 Å². The third-order valence-corrected chi connectivity index (χ3v) is 5.27. The molecule has 0 atom stereocenters. The first-order chi connectivity index (χ1) is 15.1. The summed E-state index contributed by atoms with van der Waals surface area (Å²) in [7, 11) is 0. The van der Waals surface area contributed by atoms with Crippen LogP contribution >= 0.6 is 15.9 Å². The van der Waals surface area contributed by atoms with Gasteiger partial charge in [0.25, 0.3) is 5.91 Å². The SMILES string of the molecule is O=C(COC(=O)c1cc(-c2ccc(Br)cc2)nc2ccccc12)NCc1ccccc1. The van der Waals surface area contributed by atoms with E-state index in [-0.39, 0.29) is 12.5 Å². The van der Waals surface area contributed by atoms with E-state index in [9.17, 15) is 9.59 Å². The Kier molecular flexibility index (Phi) is 6.38. The molecule has 0 unspecified atom stereocenters. The fourth-order valence-electron chi connectivity index (χ4n) is 3.17. The molecule has 1 N–H and O–H groups in total. The second-order valence-electron chi connectivity index (χ2n) is 6.92. The molecule has 1 heterocycles. The number of aromatic nitrogens is 1. The quantitative estimate of drug-likeness (QED) is 0.393. The molecule has 3 aromatic carbocycles. The summed E-state index contributed by atoms with van der Waals surface area (Å²) in [6.07, 6.45) is 0. The molecule has 6 heteroatoms. The molecule has 4 aromatic rings. The zero-order valence-corrected chi connectivity index (χ0v) is 18.1. The average Bonchev–Trinajstić information content (AvgIpc) is 2.81. The lowest BCUT2D eigenvalue weighted by atomic mass is 10.0. The van der Waals surface area contributed by atoms with Crippen LogP contribution < -0.4 is 5.32 Å². The summed E-state index contributed by atoms with van der Waals surface area (Å²) in [4.78, 5) is 29.6. The summed E-state index contributed by atoms with van der Waals surface area (Å²) < 4.78 is 6.27. The number of esters is 1. The molecule has 4 rings (SSSR count). The van der Waals surface area contributed by atoms with Crippen molar-refractivity contribution < 1.29 is 14.3 Å².